The Morgan fingerprint density at radius 1 is 1.15 bits per heavy atom. The molecule has 0 radical (unpaired) electrons. The minimum Gasteiger partial charge on any atom is -0.481 e. The molecule has 2 aliphatic rings. The second-order valence-corrected chi connectivity index (χ2v) is 6.80. The van der Waals surface area contributed by atoms with Gasteiger partial charge in [0.25, 0.3) is 0 Å². The number of rotatable bonds is 4. The van der Waals surface area contributed by atoms with Crippen molar-refractivity contribution in [3.8, 4) is 0 Å². The smallest absolute Gasteiger partial charge is 0.310 e. The van der Waals surface area contributed by atoms with E-state index in [9.17, 15) is 14.7 Å². The van der Waals surface area contributed by atoms with Crippen LogP contribution in [0.5, 0.6) is 0 Å². The Hall–Kier alpha value is -1.06. The van der Waals surface area contributed by atoms with Gasteiger partial charge in [-0.2, -0.15) is 0 Å². The Morgan fingerprint density at radius 2 is 1.75 bits per heavy atom. The number of nitrogens with zero attached hydrogens (tertiary/aromatic N) is 1. The molecule has 2 saturated carbocycles. The molecule has 0 aromatic rings. The first-order valence-corrected chi connectivity index (χ1v) is 7.95. The number of hydrogen-bond donors (Lipinski definition) is 1. The Morgan fingerprint density at radius 3 is 2.30 bits per heavy atom. The number of hydrogen-bond acceptors (Lipinski definition) is 2. The van der Waals surface area contributed by atoms with Crippen LogP contribution in [0, 0.1) is 11.3 Å². The molecular formula is C16H27NO3. The molecule has 4 heteroatoms. The Labute approximate surface area is 121 Å². The van der Waals surface area contributed by atoms with E-state index in [0.717, 1.165) is 19.3 Å². The van der Waals surface area contributed by atoms with E-state index in [0.29, 0.717) is 24.8 Å². The van der Waals surface area contributed by atoms with Crippen LogP contribution in [-0.4, -0.2) is 35.0 Å². The highest BCUT2D eigenvalue weighted by Crippen LogP contribution is 2.42. The molecule has 1 amide bonds. The molecule has 0 heterocycles. The van der Waals surface area contributed by atoms with Crippen molar-refractivity contribution in [1.29, 1.82) is 0 Å². The van der Waals surface area contributed by atoms with Gasteiger partial charge in [-0.3, -0.25) is 9.59 Å². The average Bonchev–Trinajstić information content (AvgIpc) is 2.88. The van der Waals surface area contributed by atoms with E-state index in [1.807, 2.05) is 11.9 Å². The monoisotopic (exact) mass is 281 g/mol. The van der Waals surface area contributed by atoms with Crippen molar-refractivity contribution in [3.05, 3.63) is 0 Å². The summed E-state index contributed by atoms with van der Waals surface area (Å²) in [5.74, 6) is -0.233. The first-order valence-electron chi connectivity index (χ1n) is 7.95. The van der Waals surface area contributed by atoms with Crippen molar-refractivity contribution in [3.63, 3.8) is 0 Å². The molecule has 2 aliphatic carbocycles. The van der Waals surface area contributed by atoms with E-state index >= 15 is 0 Å². The molecule has 0 aromatic heterocycles. The Bertz CT molecular complexity index is 374. The maximum absolute atomic E-state index is 12.5. The fourth-order valence-electron chi connectivity index (χ4n) is 3.99. The molecule has 1 N–H and O–H groups in total. The van der Waals surface area contributed by atoms with Gasteiger partial charge in [0.15, 0.2) is 0 Å². The van der Waals surface area contributed by atoms with E-state index in [2.05, 4.69) is 6.92 Å². The predicted molar refractivity (Wildman–Crippen MR) is 77.3 cm³/mol. The van der Waals surface area contributed by atoms with Gasteiger partial charge >= 0.3 is 5.97 Å². The van der Waals surface area contributed by atoms with Crippen LogP contribution in [0.15, 0.2) is 0 Å². The van der Waals surface area contributed by atoms with Crippen molar-refractivity contribution >= 4 is 11.9 Å². The zero-order chi connectivity index (χ0) is 14.8. The summed E-state index contributed by atoms with van der Waals surface area (Å²) < 4.78 is 0. The van der Waals surface area contributed by atoms with Gasteiger partial charge in [-0.15, -0.1) is 0 Å². The SMILES string of the molecule is CC1CCCCC1N(C)C(=O)CC1(C(=O)O)CCCC1. The van der Waals surface area contributed by atoms with Crippen LogP contribution < -0.4 is 0 Å². The predicted octanol–water partition coefficient (Wildman–Crippen LogP) is 3.06. The number of carboxylic acid groups (broad SMARTS) is 1. The van der Waals surface area contributed by atoms with Crippen LogP contribution in [0.4, 0.5) is 0 Å². The van der Waals surface area contributed by atoms with E-state index in [4.69, 9.17) is 0 Å². The summed E-state index contributed by atoms with van der Waals surface area (Å²) in [6, 6.07) is 0.295. The molecule has 2 rings (SSSR count). The number of carbonyl (C=O) groups is 2. The lowest BCUT2D eigenvalue weighted by atomic mass is 9.81. The summed E-state index contributed by atoms with van der Waals surface area (Å²) in [6.45, 7) is 2.20. The lowest BCUT2D eigenvalue weighted by molar-refractivity contribution is -0.154. The molecule has 0 bridgehead atoms. The third-order valence-corrected chi connectivity index (χ3v) is 5.46. The molecule has 20 heavy (non-hydrogen) atoms. The van der Waals surface area contributed by atoms with Gasteiger partial charge in [0.05, 0.1) is 5.41 Å². The first kappa shape index (κ1) is 15.3. The van der Waals surface area contributed by atoms with Gasteiger partial charge in [0.2, 0.25) is 5.91 Å². The van der Waals surface area contributed by atoms with Crippen LogP contribution in [-0.2, 0) is 9.59 Å². The summed E-state index contributed by atoms with van der Waals surface area (Å²) in [4.78, 5) is 25.9. The summed E-state index contributed by atoms with van der Waals surface area (Å²) in [5, 5.41) is 9.49. The van der Waals surface area contributed by atoms with E-state index in [-0.39, 0.29) is 12.3 Å². The normalized spacial score (nSPS) is 29.1. The minimum absolute atomic E-state index is 0.0213. The molecule has 0 saturated heterocycles. The molecular weight excluding hydrogens is 254 g/mol. The number of carboxylic acids is 1. The fraction of sp³-hybridized carbons (Fsp3) is 0.875. The van der Waals surface area contributed by atoms with Crippen LogP contribution >= 0.6 is 0 Å². The molecule has 2 unspecified atom stereocenters. The lowest BCUT2D eigenvalue weighted by Gasteiger charge is -2.37. The molecule has 2 atom stereocenters. The molecule has 0 spiro atoms. The standard InChI is InChI=1S/C16H27NO3/c1-12-7-3-4-8-13(12)17(2)14(18)11-16(15(19)20)9-5-6-10-16/h12-13H,3-11H2,1-2H3,(H,19,20). The first-order chi connectivity index (χ1) is 9.46. The fourth-order valence-corrected chi connectivity index (χ4v) is 3.99. The largest absolute Gasteiger partial charge is 0.481 e. The zero-order valence-electron chi connectivity index (χ0n) is 12.7. The van der Waals surface area contributed by atoms with Gasteiger partial charge in [0.1, 0.15) is 0 Å². The second-order valence-electron chi connectivity index (χ2n) is 6.80. The van der Waals surface area contributed by atoms with Gasteiger partial charge < -0.3 is 10.0 Å². The van der Waals surface area contributed by atoms with Crippen molar-refractivity contribution < 1.29 is 14.7 Å². The lowest BCUT2D eigenvalue weighted by Crippen LogP contribution is -2.45. The Balaban J connectivity index is 2.01. The highest BCUT2D eigenvalue weighted by molar-refractivity contribution is 5.85. The highest BCUT2D eigenvalue weighted by Gasteiger charge is 2.44. The molecule has 0 aliphatic heterocycles. The average molecular weight is 281 g/mol. The van der Waals surface area contributed by atoms with E-state index < -0.39 is 11.4 Å². The summed E-state index contributed by atoms with van der Waals surface area (Å²) in [7, 11) is 1.86. The molecule has 114 valence electrons. The van der Waals surface area contributed by atoms with Crippen LogP contribution in [0.2, 0.25) is 0 Å². The van der Waals surface area contributed by atoms with Crippen LogP contribution in [0.25, 0.3) is 0 Å². The summed E-state index contributed by atoms with van der Waals surface area (Å²) in [5.41, 5.74) is -0.788. The summed E-state index contributed by atoms with van der Waals surface area (Å²) >= 11 is 0. The van der Waals surface area contributed by atoms with Crippen LogP contribution in [0.3, 0.4) is 0 Å². The van der Waals surface area contributed by atoms with Crippen molar-refractivity contribution in [2.24, 2.45) is 11.3 Å². The summed E-state index contributed by atoms with van der Waals surface area (Å²) in [6.07, 6.45) is 8.02. The topological polar surface area (TPSA) is 57.6 Å². The van der Waals surface area contributed by atoms with Gasteiger partial charge in [0, 0.05) is 19.5 Å². The third kappa shape index (κ3) is 2.99. The van der Waals surface area contributed by atoms with Crippen LogP contribution in [0.1, 0.15) is 64.7 Å². The molecule has 0 aromatic carbocycles. The van der Waals surface area contributed by atoms with Crippen molar-refractivity contribution in [2.75, 3.05) is 7.05 Å². The zero-order valence-corrected chi connectivity index (χ0v) is 12.7. The Kier molecular flexibility index (Phi) is 4.71. The van der Waals surface area contributed by atoms with Crippen molar-refractivity contribution in [2.45, 2.75) is 70.8 Å². The third-order valence-electron chi connectivity index (χ3n) is 5.46. The number of amides is 1. The highest BCUT2D eigenvalue weighted by atomic mass is 16.4. The van der Waals surface area contributed by atoms with Gasteiger partial charge in [-0.05, 0) is 31.6 Å². The molecule has 2 fully saturated rings. The van der Waals surface area contributed by atoms with Gasteiger partial charge in [-0.1, -0.05) is 32.6 Å². The number of aliphatic carboxylic acids is 1. The maximum atomic E-state index is 12.5. The maximum Gasteiger partial charge on any atom is 0.310 e. The second kappa shape index (κ2) is 6.15. The molecule has 4 nitrogen and oxygen atoms in total. The minimum atomic E-state index is -0.788. The van der Waals surface area contributed by atoms with E-state index in [1.165, 1.54) is 19.3 Å². The van der Waals surface area contributed by atoms with E-state index in [1.54, 1.807) is 0 Å². The quantitative estimate of drug-likeness (QED) is 0.861. The van der Waals surface area contributed by atoms with Crippen molar-refractivity contribution in [1.82, 2.24) is 4.90 Å². The number of carbonyl (C=O) groups excluding carboxylic acids is 1. The van der Waals surface area contributed by atoms with Gasteiger partial charge in [-0.25, -0.2) is 0 Å².